The van der Waals surface area contributed by atoms with Gasteiger partial charge in [0.25, 0.3) is 0 Å². The van der Waals surface area contributed by atoms with E-state index in [2.05, 4.69) is 19.2 Å². The molecule has 0 bridgehead atoms. The zero-order chi connectivity index (χ0) is 14.8. The first-order valence-corrected chi connectivity index (χ1v) is 7.34. The summed E-state index contributed by atoms with van der Waals surface area (Å²) < 4.78 is 38.5. The fraction of sp³-hybridized carbons (Fsp3) is 0.625. The second-order valence-electron chi connectivity index (χ2n) is 5.75. The second kappa shape index (κ2) is 6.17. The average Bonchev–Trinajstić information content (AvgIpc) is 3.22. The van der Waals surface area contributed by atoms with Crippen molar-refractivity contribution in [3.05, 3.63) is 35.4 Å². The fourth-order valence-electron chi connectivity index (χ4n) is 2.71. The third kappa shape index (κ3) is 3.75. The zero-order valence-corrected chi connectivity index (χ0v) is 12.0. The van der Waals surface area contributed by atoms with Gasteiger partial charge in [-0.25, -0.2) is 0 Å². The highest BCUT2D eigenvalue weighted by Gasteiger charge is 2.35. The van der Waals surface area contributed by atoms with Gasteiger partial charge in [-0.1, -0.05) is 26.0 Å². The number of alkyl halides is 3. The van der Waals surface area contributed by atoms with Crippen LogP contribution in [0.5, 0.6) is 0 Å². The van der Waals surface area contributed by atoms with Crippen LogP contribution in [0.3, 0.4) is 0 Å². The van der Waals surface area contributed by atoms with E-state index in [4.69, 9.17) is 0 Å². The summed E-state index contributed by atoms with van der Waals surface area (Å²) >= 11 is 0. The van der Waals surface area contributed by atoms with Crippen molar-refractivity contribution in [3.8, 4) is 0 Å². The highest BCUT2D eigenvalue weighted by atomic mass is 19.4. The van der Waals surface area contributed by atoms with Gasteiger partial charge >= 0.3 is 6.18 Å². The van der Waals surface area contributed by atoms with Crippen LogP contribution in [0, 0.1) is 11.8 Å². The first kappa shape index (κ1) is 15.4. The molecule has 1 aliphatic rings. The third-order valence-corrected chi connectivity index (χ3v) is 4.08. The predicted octanol–water partition coefficient (Wildman–Crippen LogP) is 4.79. The summed E-state index contributed by atoms with van der Waals surface area (Å²) in [5.74, 6) is 1.03. The Morgan fingerprint density at radius 3 is 2.55 bits per heavy atom. The van der Waals surface area contributed by atoms with E-state index < -0.39 is 11.7 Å². The lowest BCUT2D eigenvalue weighted by Crippen LogP contribution is -2.29. The van der Waals surface area contributed by atoms with E-state index in [1.54, 1.807) is 6.07 Å². The molecule has 1 nitrogen and oxygen atoms in total. The number of rotatable bonds is 6. The molecule has 0 amide bonds. The van der Waals surface area contributed by atoms with Crippen molar-refractivity contribution in [2.24, 2.45) is 11.8 Å². The van der Waals surface area contributed by atoms with E-state index >= 15 is 0 Å². The Hall–Kier alpha value is -1.03. The van der Waals surface area contributed by atoms with E-state index in [1.165, 1.54) is 25.0 Å². The molecule has 1 aromatic carbocycles. The van der Waals surface area contributed by atoms with Gasteiger partial charge in [0, 0.05) is 6.04 Å². The molecule has 1 N–H and O–H groups in total. The number of halogens is 3. The first-order valence-electron chi connectivity index (χ1n) is 7.34. The third-order valence-electron chi connectivity index (χ3n) is 4.08. The van der Waals surface area contributed by atoms with E-state index in [9.17, 15) is 13.2 Å². The summed E-state index contributed by atoms with van der Waals surface area (Å²) in [5.41, 5.74) is 0.203. The van der Waals surface area contributed by atoms with Crippen molar-refractivity contribution in [1.29, 1.82) is 0 Å². The van der Waals surface area contributed by atoms with Gasteiger partial charge in [-0.3, -0.25) is 0 Å². The molecule has 0 aliphatic heterocycles. The molecule has 0 radical (unpaired) electrons. The van der Waals surface area contributed by atoms with Crippen LogP contribution in [0.2, 0.25) is 0 Å². The maximum Gasteiger partial charge on any atom is 0.416 e. The van der Waals surface area contributed by atoms with Crippen LogP contribution in [0.1, 0.15) is 50.3 Å². The van der Waals surface area contributed by atoms with Crippen molar-refractivity contribution in [1.82, 2.24) is 5.32 Å². The molecular formula is C16H22F3N. The van der Waals surface area contributed by atoms with Crippen molar-refractivity contribution in [2.45, 2.75) is 45.3 Å². The highest BCUT2D eigenvalue weighted by molar-refractivity contribution is 5.28. The van der Waals surface area contributed by atoms with Gasteiger partial charge < -0.3 is 5.32 Å². The summed E-state index contributed by atoms with van der Waals surface area (Å²) in [6.07, 6.45) is -0.893. The summed E-state index contributed by atoms with van der Waals surface area (Å²) in [6.45, 7) is 5.04. The summed E-state index contributed by atoms with van der Waals surface area (Å²) in [6, 6.07) is 5.78. The lowest BCUT2D eigenvalue weighted by molar-refractivity contribution is -0.137. The lowest BCUT2D eigenvalue weighted by Gasteiger charge is -2.26. The Morgan fingerprint density at radius 1 is 1.30 bits per heavy atom. The van der Waals surface area contributed by atoms with E-state index in [0.717, 1.165) is 24.6 Å². The molecule has 1 aromatic rings. The van der Waals surface area contributed by atoms with Gasteiger partial charge in [0.15, 0.2) is 0 Å². The Labute approximate surface area is 118 Å². The minimum Gasteiger partial charge on any atom is -0.310 e. The van der Waals surface area contributed by atoms with Crippen LogP contribution in [0.4, 0.5) is 13.2 Å². The lowest BCUT2D eigenvalue weighted by atomic mass is 9.89. The van der Waals surface area contributed by atoms with Crippen molar-refractivity contribution in [3.63, 3.8) is 0 Å². The fourth-order valence-corrected chi connectivity index (χ4v) is 2.71. The van der Waals surface area contributed by atoms with Crippen LogP contribution in [-0.2, 0) is 6.18 Å². The average molecular weight is 285 g/mol. The smallest absolute Gasteiger partial charge is 0.310 e. The minimum atomic E-state index is -4.27. The molecule has 0 spiro atoms. The number of hydrogen-bond donors (Lipinski definition) is 1. The van der Waals surface area contributed by atoms with E-state index in [-0.39, 0.29) is 6.04 Å². The molecule has 4 heteroatoms. The topological polar surface area (TPSA) is 12.0 Å². The van der Waals surface area contributed by atoms with Crippen LogP contribution < -0.4 is 5.32 Å². The molecule has 112 valence electrons. The predicted molar refractivity (Wildman–Crippen MR) is 74.4 cm³/mol. The largest absolute Gasteiger partial charge is 0.416 e. The SMILES string of the molecule is CCCNC(c1cccc(C(F)(F)F)c1)C(C)C1CC1. The van der Waals surface area contributed by atoms with Crippen LogP contribution in [-0.4, -0.2) is 6.54 Å². The number of nitrogens with one attached hydrogen (secondary N) is 1. The number of hydrogen-bond acceptors (Lipinski definition) is 1. The van der Waals surface area contributed by atoms with Crippen molar-refractivity contribution < 1.29 is 13.2 Å². The quantitative estimate of drug-likeness (QED) is 0.792. The Kier molecular flexibility index (Phi) is 4.74. The monoisotopic (exact) mass is 285 g/mol. The molecule has 2 unspecified atom stereocenters. The summed E-state index contributed by atoms with van der Waals surface area (Å²) in [4.78, 5) is 0. The molecule has 1 fully saturated rings. The molecule has 20 heavy (non-hydrogen) atoms. The van der Waals surface area contributed by atoms with Gasteiger partial charge in [0.2, 0.25) is 0 Å². The molecule has 0 heterocycles. The van der Waals surface area contributed by atoms with Crippen LogP contribution in [0.25, 0.3) is 0 Å². The molecule has 1 saturated carbocycles. The van der Waals surface area contributed by atoms with Crippen molar-refractivity contribution >= 4 is 0 Å². The molecule has 0 aromatic heterocycles. The van der Waals surface area contributed by atoms with Crippen LogP contribution in [0.15, 0.2) is 24.3 Å². The van der Waals surface area contributed by atoms with Gasteiger partial charge in [0.05, 0.1) is 5.56 Å². The molecule has 1 aliphatic carbocycles. The Balaban J connectivity index is 2.23. The molecule has 0 saturated heterocycles. The summed E-state index contributed by atoms with van der Waals surface area (Å²) in [7, 11) is 0. The van der Waals surface area contributed by atoms with Gasteiger partial charge in [-0.05, 0) is 55.3 Å². The Morgan fingerprint density at radius 2 is 2.00 bits per heavy atom. The van der Waals surface area contributed by atoms with Gasteiger partial charge in [0.1, 0.15) is 0 Å². The molecular weight excluding hydrogens is 263 g/mol. The molecule has 2 atom stereocenters. The normalized spacial score (nSPS) is 18.9. The molecule has 2 rings (SSSR count). The van der Waals surface area contributed by atoms with Crippen LogP contribution >= 0.6 is 0 Å². The summed E-state index contributed by atoms with van der Waals surface area (Å²) in [5, 5.41) is 3.42. The Bertz CT molecular complexity index is 438. The maximum atomic E-state index is 12.8. The van der Waals surface area contributed by atoms with Crippen molar-refractivity contribution in [2.75, 3.05) is 6.54 Å². The maximum absolute atomic E-state index is 12.8. The standard InChI is InChI=1S/C16H22F3N/c1-3-9-20-15(11(2)12-7-8-12)13-5-4-6-14(10-13)16(17,18)19/h4-6,10-12,15,20H,3,7-9H2,1-2H3. The van der Waals surface area contributed by atoms with Gasteiger partial charge in [-0.2, -0.15) is 13.2 Å². The van der Waals surface area contributed by atoms with E-state index in [1.807, 2.05) is 0 Å². The first-order chi connectivity index (χ1) is 9.43. The zero-order valence-electron chi connectivity index (χ0n) is 12.0. The van der Waals surface area contributed by atoms with Gasteiger partial charge in [-0.15, -0.1) is 0 Å². The second-order valence-corrected chi connectivity index (χ2v) is 5.75. The minimum absolute atomic E-state index is 0.0183. The highest BCUT2D eigenvalue weighted by Crippen LogP contribution is 2.43. The number of benzene rings is 1. The van der Waals surface area contributed by atoms with E-state index in [0.29, 0.717) is 11.8 Å².